The molecule has 2 amide bonds. The number of nitrogens with zero attached hydrogens (tertiary/aromatic N) is 1. The number of carbonyl (C=O) groups excluding carboxylic acids is 1. The number of carbonyl (C=O) groups is 1. The fourth-order valence-electron chi connectivity index (χ4n) is 2.49. The van der Waals surface area contributed by atoms with Crippen LogP contribution in [0.3, 0.4) is 0 Å². The van der Waals surface area contributed by atoms with Crippen molar-refractivity contribution < 1.29 is 9.32 Å². The molecule has 5 nitrogen and oxygen atoms in total. The molecule has 7 heteroatoms. The Morgan fingerprint density at radius 2 is 2.24 bits per heavy atom. The first-order valence-corrected chi connectivity index (χ1v) is 7.31. The minimum Gasteiger partial charge on any atom is -0.364 e. The molecule has 0 aliphatic heterocycles. The molecule has 2 N–H and O–H groups in total. The molecule has 1 heterocycles. The second-order valence-corrected chi connectivity index (χ2v) is 5.62. The van der Waals surface area contributed by atoms with Crippen molar-refractivity contribution >= 4 is 29.2 Å². The van der Waals surface area contributed by atoms with Crippen LogP contribution in [0, 0.1) is 0 Å². The van der Waals surface area contributed by atoms with Crippen molar-refractivity contribution in [1.29, 1.82) is 0 Å². The molecule has 2 aromatic rings. The highest BCUT2D eigenvalue weighted by molar-refractivity contribution is 6.42. The number of fused-ring (bicyclic) bond motifs is 1. The molecule has 3 rings (SSSR count). The number of rotatable bonds is 3. The van der Waals surface area contributed by atoms with E-state index in [0.29, 0.717) is 22.3 Å². The molecular weight excluding hydrogens is 313 g/mol. The monoisotopic (exact) mass is 325 g/mol. The van der Waals surface area contributed by atoms with Gasteiger partial charge in [-0.25, -0.2) is 4.79 Å². The highest BCUT2D eigenvalue weighted by Gasteiger charge is 2.26. The molecule has 1 aliphatic carbocycles. The highest BCUT2D eigenvalue weighted by atomic mass is 35.5. The van der Waals surface area contributed by atoms with Crippen molar-refractivity contribution in [3.8, 4) is 0 Å². The number of amides is 2. The van der Waals surface area contributed by atoms with E-state index in [2.05, 4.69) is 15.8 Å². The van der Waals surface area contributed by atoms with E-state index in [1.165, 1.54) is 6.26 Å². The van der Waals surface area contributed by atoms with Gasteiger partial charge in [-0.1, -0.05) is 34.4 Å². The van der Waals surface area contributed by atoms with Gasteiger partial charge >= 0.3 is 6.03 Å². The number of hydrogen-bond donors (Lipinski definition) is 2. The smallest absolute Gasteiger partial charge is 0.315 e. The predicted molar refractivity (Wildman–Crippen MR) is 79.4 cm³/mol. The van der Waals surface area contributed by atoms with E-state index in [4.69, 9.17) is 27.7 Å². The van der Waals surface area contributed by atoms with Crippen LogP contribution in [0.4, 0.5) is 4.79 Å². The lowest BCUT2D eigenvalue weighted by Gasteiger charge is -2.15. The lowest BCUT2D eigenvalue weighted by molar-refractivity contribution is 0.236. The van der Waals surface area contributed by atoms with Crippen molar-refractivity contribution in [3.63, 3.8) is 0 Å². The number of aromatic nitrogens is 1. The molecule has 1 aromatic heterocycles. The SMILES string of the molecule is O=C(NCc1ccon1)N[C@@H]1CCc2c1ccc(Cl)c2Cl. The Bertz CT molecular complexity index is 658. The number of halogens is 2. The summed E-state index contributed by atoms with van der Waals surface area (Å²) in [5, 5.41) is 10.5. The maximum absolute atomic E-state index is 11.9. The third-order valence-corrected chi connectivity index (χ3v) is 4.36. The summed E-state index contributed by atoms with van der Waals surface area (Å²) in [6.45, 7) is 0.323. The Morgan fingerprint density at radius 3 is 3.00 bits per heavy atom. The number of benzene rings is 1. The van der Waals surface area contributed by atoms with Crippen LogP contribution in [-0.2, 0) is 13.0 Å². The minimum atomic E-state index is -0.248. The van der Waals surface area contributed by atoms with Crippen LogP contribution in [0.5, 0.6) is 0 Å². The van der Waals surface area contributed by atoms with Gasteiger partial charge in [0.2, 0.25) is 0 Å². The van der Waals surface area contributed by atoms with Gasteiger partial charge in [-0.2, -0.15) is 0 Å². The Labute approximate surface area is 131 Å². The zero-order valence-electron chi connectivity index (χ0n) is 11.0. The van der Waals surface area contributed by atoms with E-state index in [0.717, 1.165) is 24.0 Å². The average Bonchev–Trinajstić information content (AvgIpc) is 3.11. The van der Waals surface area contributed by atoms with Gasteiger partial charge in [0.1, 0.15) is 12.0 Å². The van der Waals surface area contributed by atoms with Crippen molar-refractivity contribution in [1.82, 2.24) is 15.8 Å². The number of hydrogen-bond acceptors (Lipinski definition) is 3. The zero-order valence-corrected chi connectivity index (χ0v) is 12.5. The van der Waals surface area contributed by atoms with E-state index in [1.807, 2.05) is 6.07 Å². The molecule has 0 spiro atoms. The molecule has 1 aliphatic rings. The zero-order chi connectivity index (χ0) is 14.8. The summed E-state index contributed by atoms with van der Waals surface area (Å²) < 4.78 is 4.70. The molecule has 0 fully saturated rings. The van der Waals surface area contributed by atoms with Crippen molar-refractivity contribution in [2.75, 3.05) is 0 Å². The van der Waals surface area contributed by atoms with Gasteiger partial charge in [-0.15, -0.1) is 0 Å². The van der Waals surface area contributed by atoms with Gasteiger partial charge in [0, 0.05) is 6.07 Å². The second kappa shape index (κ2) is 5.95. The quantitative estimate of drug-likeness (QED) is 0.907. The summed E-state index contributed by atoms with van der Waals surface area (Å²) in [7, 11) is 0. The summed E-state index contributed by atoms with van der Waals surface area (Å²) in [6, 6.07) is 5.08. The lowest BCUT2D eigenvalue weighted by atomic mass is 10.1. The summed E-state index contributed by atoms with van der Waals surface area (Å²) >= 11 is 12.2. The van der Waals surface area contributed by atoms with E-state index in [-0.39, 0.29) is 12.1 Å². The van der Waals surface area contributed by atoms with Crippen LogP contribution in [0.2, 0.25) is 10.0 Å². The first-order chi connectivity index (χ1) is 10.1. The third kappa shape index (κ3) is 2.99. The third-order valence-electron chi connectivity index (χ3n) is 3.52. The first kappa shape index (κ1) is 14.2. The molecule has 0 saturated carbocycles. The normalized spacial score (nSPS) is 16.6. The summed E-state index contributed by atoms with van der Waals surface area (Å²) in [5.41, 5.74) is 2.72. The Morgan fingerprint density at radius 1 is 1.38 bits per heavy atom. The molecular formula is C14H13Cl2N3O2. The molecule has 0 unspecified atom stereocenters. The largest absolute Gasteiger partial charge is 0.364 e. The Balaban J connectivity index is 1.62. The van der Waals surface area contributed by atoms with E-state index in [9.17, 15) is 4.79 Å². The molecule has 1 atom stereocenters. The van der Waals surface area contributed by atoms with Gasteiger partial charge in [-0.05, 0) is 30.0 Å². The van der Waals surface area contributed by atoms with Gasteiger partial charge in [0.15, 0.2) is 0 Å². The van der Waals surface area contributed by atoms with Crippen molar-refractivity contribution in [2.24, 2.45) is 0 Å². The van der Waals surface area contributed by atoms with Crippen molar-refractivity contribution in [2.45, 2.75) is 25.4 Å². The summed E-state index contributed by atoms with van der Waals surface area (Å²) in [4.78, 5) is 11.9. The van der Waals surface area contributed by atoms with Crippen molar-refractivity contribution in [3.05, 3.63) is 51.3 Å². The maximum atomic E-state index is 11.9. The van der Waals surface area contributed by atoms with Crippen LogP contribution in [0.1, 0.15) is 29.3 Å². The van der Waals surface area contributed by atoms with Crippen LogP contribution >= 0.6 is 23.2 Å². The van der Waals surface area contributed by atoms with Gasteiger partial charge in [0.05, 0.1) is 22.6 Å². The number of nitrogens with one attached hydrogen (secondary N) is 2. The predicted octanol–water partition coefficient (Wildman–Crippen LogP) is 3.47. The van der Waals surface area contributed by atoms with E-state index in [1.54, 1.807) is 12.1 Å². The molecule has 1 aromatic carbocycles. The van der Waals surface area contributed by atoms with E-state index < -0.39 is 0 Å². The molecule has 0 saturated heterocycles. The molecule has 0 radical (unpaired) electrons. The average molecular weight is 326 g/mol. The maximum Gasteiger partial charge on any atom is 0.315 e. The fourth-order valence-corrected chi connectivity index (χ4v) is 2.93. The Kier molecular flexibility index (Phi) is 4.03. The lowest BCUT2D eigenvalue weighted by Crippen LogP contribution is -2.37. The Hall–Kier alpha value is -1.72. The van der Waals surface area contributed by atoms with Gasteiger partial charge in [-0.3, -0.25) is 0 Å². The van der Waals surface area contributed by atoms with E-state index >= 15 is 0 Å². The van der Waals surface area contributed by atoms with Gasteiger partial charge < -0.3 is 15.2 Å². The van der Waals surface area contributed by atoms with Crippen LogP contribution < -0.4 is 10.6 Å². The molecule has 0 bridgehead atoms. The second-order valence-electron chi connectivity index (χ2n) is 4.84. The molecule has 110 valence electrons. The first-order valence-electron chi connectivity index (χ1n) is 6.55. The topological polar surface area (TPSA) is 67.2 Å². The van der Waals surface area contributed by atoms with Crippen LogP contribution in [0.15, 0.2) is 29.0 Å². The summed E-state index contributed by atoms with van der Waals surface area (Å²) in [5.74, 6) is 0. The highest BCUT2D eigenvalue weighted by Crippen LogP contribution is 2.38. The fraction of sp³-hybridized carbons (Fsp3) is 0.286. The minimum absolute atomic E-state index is 0.0490. The summed E-state index contributed by atoms with van der Waals surface area (Å²) in [6.07, 6.45) is 3.09. The van der Waals surface area contributed by atoms with Crippen LogP contribution in [-0.4, -0.2) is 11.2 Å². The number of urea groups is 1. The standard InChI is InChI=1S/C14H13Cl2N3O2/c15-11-3-1-9-10(13(11)16)2-4-12(9)18-14(20)17-7-8-5-6-21-19-8/h1,3,5-6,12H,2,4,7H2,(H2,17,18,20)/t12-/m1/s1. The van der Waals surface area contributed by atoms with Crippen LogP contribution in [0.25, 0.3) is 0 Å². The van der Waals surface area contributed by atoms with Gasteiger partial charge in [0.25, 0.3) is 0 Å². The molecule has 21 heavy (non-hydrogen) atoms.